The van der Waals surface area contributed by atoms with Crippen LogP contribution in [0.15, 0.2) is 30.5 Å². The van der Waals surface area contributed by atoms with Crippen LogP contribution in [-0.4, -0.2) is 22.8 Å². The molecule has 23 heavy (non-hydrogen) atoms. The van der Waals surface area contributed by atoms with Crippen LogP contribution in [0.4, 0.5) is 13.2 Å². The smallest absolute Gasteiger partial charge is 0.380 e. The monoisotopic (exact) mass is 327 g/mol. The Hall–Kier alpha value is -2.35. The van der Waals surface area contributed by atoms with Crippen molar-refractivity contribution in [3.05, 3.63) is 52.8 Å². The van der Waals surface area contributed by atoms with Gasteiger partial charge < -0.3 is 10.1 Å². The number of methoxy groups -OCH3 is 1. The van der Waals surface area contributed by atoms with Crippen molar-refractivity contribution in [1.82, 2.24) is 15.1 Å². The van der Waals surface area contributed by atoms with E-state index in [0.29, 0.717) is 6.61 Å². The molecular formula is C15H16F3N3O2. The number of ether oxygens (including phenoxy) is 1. The first-order chi connectivity index (χ1) is 10.8. The number of nitrogens with one attached hydrogen (secondary N) is 1. The molecule has 2 rings (SSSR count). The van der Waals surface area contributed by atoms with E-state index in [1.54, 1.807) is 19.2 Å². The number of aryl methyl sites for hydroxylation is 1. The molecule has 0 saturated heterocycles. The minimum Gasteiger partial charge on any atom is -0.380 e. The average Bonchev–Trinajstić information content (AvgIpc) is 2.89. The summed E-state index contributed by atoms with van der Waals surface area (Å²) in [5.41, 5.74) is 0.0637. The van der Waals surface area contributed by atoms with Crippen LogP contribution >= 0.6 is 0 Å². The molecule has 0 aliphatic carbocycles. The Morgan fingerprint density at radius 3 is 2.43 bits per heavy atom. The van der Waals surface area contributed by atoms with Gasteiger partial charge >= 0.3 is 6.18 Å². The van der Waals surface area contributed by atoms with E-state index in [2.05, 4.69) is 10.4 Å². The third-order valence-corrected chi connectivity index (χ3v) is 3.13. The molecule has 124 valence electrons. The fourth-order valence-electron chi connectivity index (χ4n) is 2.06. The van der Waals surface area contributed by atoms with Crippen molar-refractivity contribution >= 4 is 5.91 Å². The third kappa shape index (κ3) is 4.32. The van der Waals surface area contributed by atoms with E-state index >= 15 is 0 Å². The molecule has 1 aromatic carbocycles. The zero-order valence-electron chi connectivity index (χ0n) is 12.6. The van der Waals surface area contributed by atoms with Crippen molar-refractivity contribution in [2.45, 2.75) is 19.3 Å². The highest BCUT2D eigenvalue weighted by Crippen LogP contribution is 2.30. The van der Waals surface area contributed by atoms with E-state index in [1.165, 1.54) is 7.05 Å². The molecule has 2 aromatic rings. The Morgan fingerprint density at radius 1 is 1.26 bits per heavy atom. The third-order valence-electron chi connectivity index (χ3n) is 3.13. The second kappa shape index (κ2) is 6.82. The van der Waals surface area contributed by atoms with Gasteiger partial charge in [0.15, 0.2) is 5.69 Å². The second-order valence-corrected chi connectivity index (χ2v) is 4.99. The molecule has 0 atom stereocenters. The van der Waals surface area contributed by atoms with Gasteiger partial charge in [0.1, 0.15) is 0 Å². The number of carbonyl (C=O) groups is 1. The number of carbonyl (C=O) groups excluding carboxylic acids is 1. The van der Waals surface area contributed by atoms with Gasteiger partial charge in [-0.2, -0.15) is 18.3 Å². The molecule has 0 aliphatic heterocycles. The number of aromatic nitrogens is 2. The summed E-state index contributed by atoms with van der Waals surface area (Å²) >= 11 is 0. The highest BCUT2D eigenvalue weighted by molar-refractivity contribution is 5.95. The molecule has 5 nitrogen and oxygen atoms in total. The fraction of sp³-hybridized carbons (Fsp3) is 0.333. The first kappa shape index (κ1) is 17.0. The molecule has 0 radical (unpaired) electrons. The highest BCUT2D eigenvalue weighted by atomic mass is 19.4. The first-order valence-corrected chi connectivity index (χ1v) is 6.77. The minimum absolute atomic E-state index is 0.123. The van der Waals surface area contributed by atoms with E-state index in [1.807, 2.05) is 12.1 Å². The molecule has 0 bridgehead atoms. The van der Waals surface area contributed by atoms with Gasteiger partial charge in [-0.25, -0.2) is 0 Å². The van der Waals surface area contributed by atoms with Crippen molar-refractivity contribution in [2.75, 3.05) is 7.11 Å². The lowest BCUT2D eigenvalue weighted by atomic mass is 10.1. The average molecular weight is 327 g/mol. The lowest BCUT2D eigenvalue weighted by molar-refractivity contribution is -0.141. The van der Waals surface area contributed by atoms with E-state index in [-0.39, 0.29) is 6.54 Å². The molecule has 1 amide bonds. The number of alkyl halides is 3. The standard InChI is InChI=1S/C15H16F3N3O2/c1-21-8-12(13(20-21)15(16,17)18)14(22)19-7-10-3-5-11(6-4-10)9-23-2/h3-6,8H,7,9H2,1-2H3,(H,19,22). The summed E-state index contributed by atoms with van der Waals surface area (Å²) in [5, 5.41) is 5.78. The van der Waals surface area contributed by atoms with Crippen LogP contribution in [-0.2, 0) is 31.1 Å². The molecule has 1 aromatic heterocycles. The van der Waals surface area contributed by atoms with Crippen LogP contribution in [0.25, 0.3) is 0 Å². The Bertz CT molecular complexity index is 678. The highest BCUT2D eigenvalue weighted by Gasteiger charge is 2.38. The SMILES string of the molecule is COCc1ccc(CNC(=O)c2cn(C)nc2C(F)(F)F)cc1. The predicted octanol–water partition coefficient (Wildman–Crippen LogP) is 2.52. The van der Waals surface area contributed by atoms with Crippen LogP contribution in [0, 0.1) is 0 Å². The number of hydrogen-bond acceptors (Lipinski definition) is 3. The normalized spacial score (nSPS) is 11.5. The number of halogens is 3. The number of amides is 1. The minimum atomic E-state index is -4.67. The molecular weight excluding hydrogens is 311 g/mol. The zero-order valence-corrected chi connectivity index (χ0v) is 12.6. The van der Waals surface area contributed by atoms with Crippen LogP contribution in [0.5, 0.6) is 0 Å². The Balaban J connectivity index is 2.05. The summed E-state index contributed by atoms with van der Waals surface area (Å²) in [4.78, 5) is 12.0. The molecule has 0 aliphatic rings. The molecule has 1 N–H and O–H groups in total. The zero-order chi connectivity index (χ0) is 17.0. The Labute approximate surface area is 131 Å². The largest absolute Gasteiger partial charge is 0.435 e. The van der Waals surface area contributed by atoms with Crippen LogP contribution in [0.2, 0.25) is 0 Å². The maximum Gasteiger partial charge on any atom is 0.435 e. The number of rotatable bonds is 5. The van der Waals surface area contributed by atoms with Gasteiger partial charge in [0, 0.05) is 26.9 Å². The van der Waals surface area contributed by atoms with Crippen molar-refractivity contribution in [3.63, 3.8) is 0 Å². The summed E-state index contributed by atoms with van der Waals surface area (Å²) < 4.78 is 44.5. The van der Waals surface area contributed by atoms with Crippen molar-refractivity contribution in [3.8, 4) is 0 Å². The number of hydrogen-bond donors (Lipinski definition) is 1. The molecule has 8 heteroatoms. The van der Waals surface area contributed by atoms with E-state index in [0.717, 1.165) is 22.0 Å². The second-order valence-electron chi connectivity index (χ2n) is 4.99. The molecule has 0 spiro atoms. The first-order valence-electron chi connectivity index (χ1n) is 6.77. The van der Waals surface area contributed by atoms with Crippen LogP contribution in [0.1, 0.15) is 27.2 Å². The van der Waals surface area contributed by atoms with Gasteiger partial charge in [0.2, 0.25) is 0 Å². The number of benzene rings is 1. The van der Waals surface area contributed by atoms with Crippen molar-refractivity contribution in [1.29, 1.82) is 0 Å². The maximum atomic E-state index is 12.8. The lowest BCUT2D eigenvalue weighted by Crippen LogP contribution is -2.25. The Morgan fingerprint density at radius 2 is 1.87 bits per heavy atom. The Kier molecular flexibility index (Phi) is 5.05. The fourth-order valence-corrected chi connectivity index (χ4v) is 2.06. The summed E-state index contributed by atoms with van der Waals surface area (Å²) in [7, 11) is 2.92. The summed E-state index contributed by atoms with van der Waals surface area (Å²) in [5.74, 6) is -0.814. The quantitative estimate of drug-likeness (QED) is 0.918. The molecule has 1 heterocycles. The van der Waals surface area contributed by atoms with Crippen molar-refractivity contribution in [2.24, 2.45) is 7.05 Å². The van der Waals surface area contributed by atoms with Gasteiger partial charge in [0.05, 0.1) is 12.2 Å². The summed E-state index contributed by atoms with van der Waals surface area (Å²) in [6, 6.07) is 7.22. The van der Waals surface area contributed by atoms with Gasteiger partial charge in [0.25, 0.3) is 5.91 Å². The van der Waals surface area contributed by atoms with Crippen LogP contribution in [0.3, 0.4) is 0 Å². The number of nitrogens with zero attached hydrogens (tertiary/aromatic N) is 2. The summed E-state index contributed by atoms with van der Waals surface area (Å²) in [6.07, 6.45) is -3.62. The predicted molar refractivity (Wildman–Crippen MR) is 76.5 cm³/mol. The topological polar surface area (TPSA) is 56.1 Å². The molecule has 0 unspecified atom stereocenters. The maximum absolute atomic E-state index is 12.8. The van der Waals surface area contributed by atoms with Gasteiger partial charge in [-0.3, -0.25) is 9.48 Å². The molecule has 0 saturated carbocycles. The van der Waals surface area contributed by atoms with E-state index in [9.17, 15) is 18.0 Å². The van der Waals surface area contributed by atoms with Gasteiger partial charge in [-0.15, -0.1) is 0 Å². The van der Waals surface area contributed by atoms with Crippen molar-refractivity contribution < 1.29 is 22.7 Å². The summed E-state index contributed by atoms with van der Waals surface area (Å²) in [6.45, 7) is 0.593. The van der Waals surface area contributed by atoms with Crippen LogP contribution < -0.4 is 5.32 Å². The van der Waals surface area contributed by atoms with E-state index in [4.69, 9.17) is 4.74 Å². The van der Waals surface area contributed by atoms with Gasteiger partial charge in [-0.05, 0) is 11.1 Å². The van der Waals surface area contributed by atoms with Gasteiger partial charge in [-0.1, -0.05) is 24.3 Å². The van der Waals surface area contributed by atoms with E-state index < -0.39 is 23.3 Å². The lowest BCUT2D eigenvalue weighted by Gasteiger charge is -2.08. The molecule has 0 fully saturated rings.